The van der Waals surface area contributed by atoms with E-state index in [0.717, 1.165) is 0 Å². The topological polar surface area (TPSA) is 87.7 Å². The van der Waals surface area contributed by atoms with Crippen LogP contribution in [0.3, 0.4) is 0 Å². The summed E-state index contributed by atoms with van der Waals surface area (Å²) in [6, 6.07) is -0.359. The lowest BCUT2D eigenvalue weighted by molar-refractivity contribution is -0.180. The van der Waals surface area contributed by atoms with Crippen molar-refractivity contribution in [2.45, 2.75) is 43.8 Å². The second-order valence-corrected chi connectivity index (χ2v) is 3.65. The van der Waals surface area contributed by atoms with Crippen molar-refractivity contribution in [2.75, 3.05) is 13.6 Å². The van der Waals surface area contributed by atoms with Crippen LogP contribution in [0.4, 0.5) is 0 Å². The molecule has 1 saturated heterocycles. The maximum Gasteiger partial charge on any atom is 0.0993 e. The van der Waals surface area contributed by atoms with Crippen LogP contribution in [0.15, 0.2) is 0 Å². The molecule has 1 fully saturated rings. The first kappa shape index (κ1) is 11.9. The van der Waals surface area contributed by atoms with Gasteiger partial charge in [-0.1, -0.05) is 6.92 Å². The maximum atomic E-state index is 9.82. The van der Waals surface area contributed by atoms with Gasteiger partial charge in [0, 0.05) is 6.54 Å². The van der Waals surface area contributed by atoms with E-state index in [4.69, 9.17) is 10.5 Å². The lowest BCUT2D eigenvalue weighted by atomic mass is 9.91. The van der Waals surface area contributed by atoms with Crippen LogP contribution >= 0.6 is 0 Å². The summed E-state index contributed by atoms with van der Waals surface area (Å²) in [5.74, 6) is 0. The molecule has 0 amide bonds. The lowest BCUT2D eigenvalue weighted by Gasteiger charge is -2.42. The number of rotatable bonds is 3. The van der Waals surface area contributed by atoms with E-state index in [0.29, 0.717) is 6.42 Å². The van der Waals surface area contributed by atoms with E-state index in [-0.39, 0.29) is 24.8 Å². The highest BCUT2D eigenvalue weighted by Gasteiger charge is 2.42. The summed E-state index contributed by atoms with van der Waals surface area (Å²) >= 11 is 0. The quantitative estimate of drug-likeness (QED) is 0.446. The van der Waals surface area contributed by atoms with E-state index in [9.17, 15) is 10.2 Å². The van der Waals surface area contributed by atoms with E-state index in [2.05, 4.69) is 5.32 Å². The smallest absolute Gasteiger partial charge is 0.0993 e. The minimum Gasteiger partial charge on any atom is -0.389 e. The predicted octanol–water partition coefficient (Wildman–Crippen LogP) is -1.57. The van der Waals surface area contributed by atoms with Crippen LogP contribution in [0.25, 0.3) is 0 Å². The molecule has 0 saturated carbocycles. The van der Waals surface area contributed by atoms with Crippen molar-refractivity contribution >= 4 is 0 Å². The number of ether oxygens (including phenoxy) is 1. The number of aliphatic hydroxyl groups excluding tert-OH is 2. The normalized spacial score (nSPS) is 43.9. The first-order chi connectivity index (χ1) is 6.65. The Kier molecular flexibility index (Phi) is 4.28. The van der Waals surface area contributed by atoms with Gasteiger partial charge >= 0.3 is 0 Å². The Morgan fingerprint density at radius 3 is 2.29 bits per heavy atom. The van der Waals surface area contributed by atoms with Crippen LogP contribution in [0.1, 0.15) is 13.3 Å². The summed E-state index contributed by atoms with van der Waals surface area (Å²) in [4.78, 5) is 0. The molecule has 14 heavy (non-hydrogen) atoms. The fourth-order valence-electron chi connectivity index (χ4n) is 1.92. The maximum absolute atomic E-state index is 9.82. The Labute approximate surface area is 84.2 Å². The van der Waals surface area contributed by atoms with Gasteiger partial charge in [0.15, 0.2) is 0 Å². The van der Waals surface area contributed by atoms with Gasteiger partial charge in [0.05, 0.1) is 30.5 Å². The van der Waals surface area contributed by atoms with Crippen molar-refractivity contribution in [3.8, 4) is 0 Å². The number of nitrogens with two attached hydrogens (primary N) is 1. The van der Waals surface area contributed by atoms with Gasteiger partial charge in [0.25, 0.3) is 0 Å². The van der Waals surface area contributed by atoms with E-state index in [1.165, 1.54) is 0 Å². The third kappa shape index (κ3) is 2.07. The molecular weight excluding hydrogens is 184 g/mol. The van der Waals surface area contributed by atoms with Gasteiger partial charge in [-0.25, -0.2) is 0 Å². The summed E-state index contributed by atoms with van der Waals surface area (Å²) in [5, 5.41) is 22.5. The van der Waals surface area contributed by atoms with E-state index >= 15 is 0 Å². The fourth-order valence-corrected chi connectivity index (χ4v) is 1.92. The molecule has 1 aliphatic rings. The van der Waals surface area contributed by atoms with E-state index in [1.54, 1.807) is 7.05 Å². The van der Waals surface area contributed by atoms with Gasteiger partial charge in [0.1, 0.15) is 0 Å². The average molecular weight is 204 g/mol. The Hall–Kier alpha value is -0.200. The SMILES string of the molecule is CC[C@@H]1O[C@H](CN)[C@@H](O)[C@H](NC)[C@H]1O. The fraction of sp³-hybridized carbons (Fsp3) is 1.00. The Morgan fingerprint density at radius 2 is 1.86 bits per heavy atom. The summed E-state index contributed by atoms with van der Waals surface area (Å²) in [5.41, 5.74) is 5.48. The van der Waals surface area contributed by atoms with Crippen molar-refractivity contribution in [3.63, 3.8) is 0 Å². The predicted molar refractivity (Wildman–Crippen MR) is 52.9 cm³/mol. The van der Waals surface area contributed by atoms with Crippen molar-refractivity contribution in [2.24, 2.45) is 5.73 Å². The molecule has 1 heterocycles. The third-order valence-corrected chi connectivity index (χ3v) is 2.82. The van der Waals surface area contributed by atoms with Gasteiger partial charge in [-0.3, -0.25) is 0 Å². The first-order valence-corrected chi connectivity index (χ1v) is 5.04. The molecule has 5 atom stereocenters. The van der Waals surface area contributed by atoms with Crippen molar-refractivity contribution in [1.82, 2.24) is 5.32 Å². The Bertz CT molecular complexity index is 163. The molecule has 0 aromatic carbocycles. The van der Waals surface area contributed by atoms with Gasteiger partial charge in [-0.2, -0.15) is 0 Å². The zero-order valence-electron chi connectivity index (χ0n) is 8.68. The molecule has 0 radical (unpaired) electrons. The molecule has 1 rings (SSSR count). The first-order valence-electron chi connectivity index (χ1n) is 5.04. The van der Waals surface area contributed by atoms with Crippen LogP contribution in [-0.4, -0.2) is 54.3 Å². The van der Waals surface area contributed by atoms with Gasteiger partial charge < -0.3 is 26.0 Å². The Balaban J connectivity index is 2.72. The molecule has 0 aliphatic carbocycles. The number of likely N-dealkylation sites (N-methyl/N-ethyl adjacent to an activating group) is 1. The highest BCUT2D eigenvalue weighted by atomic mass is 16.5. The zero-order valence-corrected chi connectivity index (χ0v) is 8.68. The molecule has 0 aromatic heterocycles. The summed E-state index contributed by atoms with van der Waals surface area (Å²) in [7, 11) is 1.71. The van der Waals surface area contributed by atoms with Crippen LogP contribution in [0, 0.1) is 0 Å². The van der Waals surface area contributed by atoms with Crippen molar-refractivity contribution in [3.05, 3.63) is 0 Å². The van der Waals surface area contributed by atoms with Crippen LogP contribution in [-0.2, 0) is 4.74 Å². The van der Waals surface area contributed by atoms with Gasteiger partial charge in [-0.15, -0.1) is 0 Å². The molecule has 5 heteroatoms. The minimum atomic E-state index is -0.747. The molecule has 0 unspecified atom stereocenters. The van der Waals surface area contributed by atoms with Crippen LogP contribution < -0.4 is 11.1 Å². The highest BCUT2D eigenvalue weighted by Crippen LogP contribution is 2.22. The number of hydrogen-bond acceptors (Lipinski definition) is 5. The Morgan fingerprint density at radius 1 is 1.29 bits per heavy atom. The second kappa shape index (κ2) is 5.04. The average Bonchev–Trinajstić information content (AvgIpc) is 2.19. The number of aliphatic hydroxyl groups is 2. The second-order valence-electron chi connectivity index (χ2n) is 3.65. The largest absolute Gasteiger partial charge is 0.389 e. The lowest BCUT2D eigenvalue weighted by Crippen LogP contribution is -2.63. The number of hydrogen-bond donors (Lipinski definition) is 4. The molecule has 0 aromatic rings. The zero-order chi connectivity index (χ0) is 10.7. The van der Waals surface area contributed by atoms with Crippen LogP contribution in [0.2, 0.25) is 0 Å². The summed E-state index contributed by atoms with van der Waals surface area (Å²) in [6.45, 7) is 2.20. The molecule has 0 spiro atoms. The monoisotopic (exact) mass is 204 g/mol. The van der Waals surface area contributed by atoms with Crippen LogP contribution in [0.5, 0.6) is 0 Å². The molecular formula is C9H20N2O3. The van der Waals surface area contributed by atoms with Crippen molar-refractivity contribution in [1.29, 1.82) is 0 Å². The molecule has 5 nitrogen and oxygen atoms in total. The van der Waals surface area contributed by atoms with E-state index in [1.807, 2.05) is 6.92 Å². The van der Waals surface area contributed by atoms with Crippen molar-refractivity contribution < 1.29 is 14.9 Å². The molecule has 5 N–H and O–H groups in total. The third-order valence-electron chi connectivity index (χ3n) is 2.82. The summed E-state index contributed by atoms with van der Waals surface area (Å²) < 4.78 is 5.48. The minimum absolute atomic E-state index is 0.246. The van der Waals surface area contributed by atoms with Gasteiger partial charge in [-0.05, 0) is 13.5 Å². The van der Waals surface area contributed by atoms with Gasteiger partial charge in [0.2, 0.25) is 0 Å². The van der Waals surface area contributed by atoms with E-state index < -0.39 is 12.2 Å². The summed E-state index contributed by atoms with van der Waals surface area (Å²) in [6.07, 6.45) is -1.35. The highest BCUT2D eigenvalue weighted by molar-refractivity contribution is 4.95. The standard InChI is InChI=1S/C9H20N2O3/c1-3-5-8(12)7(11-2)9(13)6(4-10)14-5/h5-9,11-13H,3-4,10H2,1-2H3/t5-,6+,7+,8-,9+/m0/s1. The molecule has 1 aliphatic heterocycles. The molecule has 84 valence electrons. The number of nitrogens with one attached hydrogen (secondary N) is 1. The molecule has 0 bridgehead atoms.